The van der Waals surface area contributed by atoms with Gasteiger partial charge in [0.25, 0.3) is 0 Å². The molecular formula is C14H14N2O4S. The van der Waals surface area contributed by atoms with Gasteiger partial charge in [0.05, 0.1) is 5.57 Å². The van der Waals surface area contributed by atoms with Crippen LogP contribution in [0.25, 0.3) is 0 Å². The first-order chi connectivity index (χ1) is 9.82. The second-order valence-corrected chi connectivity index (χ2v) is 5.13. The SMILES string of the molecule is CC1=C(C(=O)O)C(c2cccc(C)c2)N(C(=O)O)C(=S)N1. The lowest BCUT2D eigenvalue weighted by Crippen LogP contribution is -2.50. The van der Waals surface area contributed by atoms with Gasteiger partial charge in [-0.2, -0.15) is 0 Å². The van der Waals surface area contributed by atoms with Gasteiger partial charge in [-0.15, -0.1) is 0 Å². The van der Waals surface area contributed by atoms with Crippen LogP contribution >= 0.6 is 12.2 Å². The van der Waals surface area contributed by atoms with Crippen molar-refractivity contribution in [2.45, 2.75) is 19.9 Å². The van der Waals surface area contributed by atoms with E-state index < -0.39 is 18.1 Å². The zero-order valence-corrected chi connectivity index (χ0v) is 12.3. The van der Waals surface area contributed by atoms with Gasteiger partial charge in [0.2, 0.25) is 0 Å². The van der Waals surface area contributed by atoms with Crippen molar-refractivity contribution < 1.29 is 19.8 Å². The molecule has 6 nitrogen and oxygen atoms in total. The highest BCUT2D eigenvalue weighted by Gasteiger charge is 2.39. The third-order valence-corrected chi connectivity index (χ3v) is 3.54. The number of nitrogens with zero attached hydrogens (tertiary/aromatic N) is 1. The zero-order chi connectivity index (χ0) is 15.7. The maximum atomic E-state index is 11.5. The van der Waals surface area contributed by atoms with Crippen molar-refractivity contribution in [1.82, 2.24) is 10.2 Å². The summed E-state index contributed by atoms with van der Waals surface area (Å²) in [5.41, 5.74) is 1.79. The van der Waals surface area contributed by atoms with Crippen LogP contribution in [0, 0.1) is 6.92 Å². The molecule has 7 heteroatoms. The highest BCUT2D eigenvalue weighted by Crippen LogP contribution is 2.34. The second kappa shape index (κ2) is 5.53. The number of amides is 1. The number of rotatable bonds is 2. The molecule has 0 fully saturated rings. The largest absolute Gasteiger partial charge is 0.478 e. The predicted molar refractivity (Wildman–Crippen MR) is 79.9 cm³/mol. The van der Waals surface area contributed by atoms with Gasteiger partial charge in [0.15, 0.2) is 5.11 Å². The summed E-state index contributed by atoms with van der Waals surface area (Å²) in [6, 6.07) is 6.09. The van der Waals surface area contributed by atoms with Crippen LogP contribution in [-0.2, 0) is 4.79 Å². The Morgan fingerprint density at radius 2 is 1.95 bits per heavy atom. The molecular weight excluding hydrogens is 292 g/mol. The molecule has 0 spiro atoms. The van der Waals surface area contributed by atoms with E-state index in [-0.39, 0.29) is 10.7 Å². The molecule has 21 heavy (non-hydrogen) atoms. The first kappa shape index (κ1) is 15.0. The van der Waals surface area contributed by atoms with Crippen LogP contribution in [0.5, 0.6) is 0 Å². The Balaban J connectivity index is 2.67. The van der Waals surface area contributed by atoms with E-state index in [4.69, 9.17) is 12.2 Å². The van der Waals surface area contributed by atoms with Crippen LogP contribution in [-0.4, -0.2) is 32.3 Å². The van der Waals surface area contributed by atoms with Gasteiger partial charge in [-0.05, 0) is 31.6 Å². The number of hydrogen-bond acceptors (Lipinski definition) is 3. The van der Waals surface area contributed by atoms with E-state index in [0.29, 0.717) is 11.3 Å². The smallest absolute Gasteiger partial charge is 0.414 e. The molecule has 0 aromatic heterocycles. The maximum Gasteiger partial charge on any atom is 0.414 e. The second-order valence-electron chi connectivity index (χ2n) is 4.74. The molecule has 0 aliphatic carbocycles. The van der Waals surface area contributed by atoms with Gasteiger partial charge >= 0.3 is 12.1 Å². The molecule has 2 rings (SSSR count). The lowest BCUT2D eigenvalue weighted by atomic mass is 9.93. The molecule has 1 aromatic rings. The molecule has 0 bridgehead atoms. The third-order valence-electron chi connectivity index (χ3n) is 3.24. The first-order valence-corrected chi connectivity index (χ1v) is 6.57. The fraction of sp³-hybridized carbons (Fsp3) is 0.214. The summed E-state index contributed by atoms with van der Waals surface area (Å²) in [5, 5.41) is 21.4. The van der Waals surface area contributed by atoms with Crippen LogP contribution in [0.3, 0.4) is 0 Å². The highest BCUT2D eigenvalue weighted by molar-refractivity contribution is 7.80. The molecule has 110 valence electrons. The van der Waals surface area contributed by atoms with Crippen LogP contribution in [0.2, 0.25) is 0 Å². The van der Waals surface area contributed by atoms with Gasteiger partial charge in [-0.1, -0.05) is 29.8 Å². The van der Waals surface area contributed by atoms with Crippen molar-refractivity contribution in [1.29, 1.82) is 0 Å². The molecule has 0 saturated heterocycles. The zero-order valence-electron chi connectivity index (χ0n) is 11.5. The number of carboxylic acids is 1. The number of carboxylic acid groups (broad SMARTS) is 2. The molecule has 1 aliphatic rings. The predicted octanol–water partition coefficient (Wildman–Crippen LogP) is 2.26. The third kappa shape index (κ3) is 2.73. The Kier molecular flexibility index (Phi) is 3.95. The maximum absolute atomic E-state index is 11.5. The average Bonchev–Trinajstić information content (AvgIpc) is 2.36. The summed E-state index contributed by atoms with van der Waals surface area (Å²) in [6.07, 6.45) is -1.30. The van der Waals surface area contributed by atoms with E-state index in [1.54, 1.807) is 25.1 Å². The summed E-state index contributed by atoms with van der Waals surface area (Å²) in [4.78, 5) is 23.9. The Labute approximate surface area is 126 Å². The molecule has 1 amide bonds. The molecule has 1 unspecified atom stereocenters. The van der Waals surface area contributed by atoms with E-state index in [9.17, 15) is 19.8 Å². The Morgan fingerprint density at radius 1 is 1.29 bits per heavy atom. The molecule has 1 heterocycles. The van der Waals surface area contributed by atoms with Gasteiger partial charge in [-0.3, -0.25) is 0 Å². The van der Waals surface area contributed by atoms with Crippen molar-refractivity contribution in [2.75, 3.05) is 0 Å². The fourth-order valence-corrected chi connectivity index (χ4v) is 2.71. The van der Waals surface area contributed by atoms with Gasteiger partial charge in [-0.25, -0.2) is 14.5 Å². The van der Waals surface area contributed by atoms with Crippen LogP contribution < -0.4 is 5.32 Å². The minimum Gasteiger partial charge on any atom is -0.478 e. The Hall–Kier alpha value is -2.41. The summed E-state index contributed by atoms with van der Waals surface area (Å²) in [6.45, 7) is 3.42. The lowest BCUT2D eigenvalue weighted by Gasteiger charge is -2.36. The fourth-order valence-electron chi connectivity index (χ4n) is 2.37. The Bertz CT molecular complexity index is 669. The minimum absolute atomic E-state index is 0.0309. The summed E-state index contributed by atoms with van der Waals surface area (Å²) >= 11 is 5.04. The van der Waals surface area contributed by atoms with Gasteiger partial charge < -0.3 is 15.5 Å². The van der Waals surface area contributed by atoms with E-state index >= 15 is 0 Å². The number of aryl methyl sites for hydroxylation is 1. The van der Waals surface area contributed by atoms with Crippen LogP contribution in [0.4, 0.5) is 4.79 Å². The first-order valence-electron chi connectivity index (χ1n) is 6.16. The lowest BCUT2D eigenvalue weighted by molar-refractivity contribution is -0.133. The molecule has 1 atom stereocenters. The monoisotopic (exact) mass is 306 g/mol. The number of benzene rings is 1. The quantitative estimate of drug-likeness (QED) is 0.726. The van der Waals surface area contributed by atoms with E-state index in [2.05, 4.69) is 5.32 Å². The summed E-state index contributed by atoms with van der Waals surface area (Å²) in [7, 11) is 0. The van der Waals surface area contributed by atoms with Crippen LogP contribution in [0.1, 0.15) is 24.1 Å². The molecule has 3 N–H and O–H groups in total. The minimum atomic E-state index is -1.30. The van der Waals surface area contributed by atoms with Crippen molar-refractivity contribution in [3.05, 3.63) is 46.7 Å². The van der Waals surface area contributed by atoms with Crippen molar-refractivity contribution in [3.8, 4) is 0 Å². The molecule has 0 radical (unpaired) electrons. The van der Waals surface area contributed by atoms with Crippen molar-refractivity contribution in [3.63, 3.8) is 0 Å². The van der Waals surface area contributed by atoms with Crippen LogP contribution in [0.15, 0.2) is 35.5 Å². The van der Waals surface area contributed by atoms with E-state index in [1.807, 2.05) is 13.0 Å². The highest BCUT2D eigenvalue weighted by atomic mass is 32.1. The normalized spacial score (nSPS) is 18.5. The van der Waals surface area contributed by atoms with E-state index in [0.717, 1.165) is 10.5 Å². The van der Waals surface area contributed by atoms with Gasteiger partial charge in [0, 0.05) is 5.70 Å². The van der Waals surface area contributed by atoms with E-state index in [1.165, 1.54) is 0 Å². The Morgan fingerprint density at radius 3 is 2.48 bits per heavy atom. The topological polar surface area (TPSA) is 89.9 Å². The number of allylic oxidation sites excluding steroid dienone is 1. The molecule has 1 aliphatic heterocycles. The average molecular weight is 306 g/mol. The summed E-state index contributed by atoms with van der Waals surface area (Å²) in [5.74, 6) is -1.18. The van der Waals surface area contributed by atoms with Crippen molar-refractivity contribution in [2.24, 2.45) is 0 Å². The number of carbonyl (C=O) groups is 2. The number of hydrogen-bond donors (Lipinski definition) is 3. The van der Waals surface area contributed by atoms with Gasteiger partial charge in [0.1, 0.15) is 6.04 Å². The number of thiocarbonyl (C=S) groups is 1. The molecule has 0 saturated carbocycles. The molecule has 1 aromatic carbocycles. The van der Waals surface area contributed by atoms with Crippen molar-refractivity contribution >= 4 is 29.4 Å². The summed E-state index contributed by atoms with van der Waals surface area (Å²) < 4.78 is 0. The standard InChI is InChI=1S/C14H14N2O4S/c1-7-4-3-5-9(6-7)11-10(12(17)18)8(2)15-13(21)16(11)14(19)20/h3-6,11H,1-2H3,(H,15,21)(H,17,18)(H,19,20). The number of nitrogens with one attached hydrogen (secondary N) is 1. The number of aliphatic carboxylic acids is 1.